The minimum Gasteiger partial charge on any atom is -0.870 e. The van der Waals surface area contributed by atoms with Crippen molar-refractivity contribution in [1.29, 1.82) is 5.26 Å². The van der Waals surface area contributed by atoms with Gasteiger partial charge in [-0.3, -0.25) is 78.1 Å². The first-order valence-corrected chi connectivity index (χ1v) is 47.5. The Labute approximate surface area is 900 Å². The van der Waals surface area contributed by atoms with Crippen LogP contribution in [0.4, 0.5) is 40.6 Å². The summed E-state index contributed by atoms with van der Waals surface area (Å²) in [6.07, 6.45) is 18.1. The van der Waals surface area contributed by atoms with Crippen LogP contribution in [0, 0.1) is 37.9 Å². The van der Waals surface area contributed by atoms with Crippen LogP contribution < -0.4 is 124 Å². The Morgan fingerprint density at radius 2 is 0.857 bits per heavy atom. The fraction of sp³-hybridized carbons (Fsp3) is 0.363. The van der Waals surface area contributed by atoms with E-state index in [9.17, 15) is 48.3 Å². The minimum atomic E-state index is -1.07. The zero-order valence-electron chi connectivity index (χ0n) is 83.7. The molecule has 0 bridgehead atoms. The van der Waals surface area contributed by atoms with Crippen LogP contribution in [-0.4, -0.2) is 202 Å². The van der Waals surface area contributed by atoms with Crippen molar-refractivity contribution in [3.63, 3.8) is 0 Å². The van der Waals surface area contributed by atoms with Crippen molar-refractivity contribution < 1.29 is 143 Å². The van der Waals surface area contributed by atoms with Crippen molar-refractivity contribution in [2.75, 3.05) is 84.5 Å². The SMILES string of the molecule is C.C=CC[C@H]1COc2cc(C(=O)O)cc3nc(NC(=O)c4cc(C)nn4CCC)n1c23.C=CC[C@H]1COc2cc(C(=O)OC)cc(N)c2N1.C=CC[C@H]1COc2cc(C(C)=O)cc3nc(NC(=O)c4cc(C)nn4CCC)n1c23.C=CC[C@H]1COc2cc(C(N)=O)cc3nc(NC(=O)c4cc(C)nn4CCC)n1c23.CC=CC[C@H]1COc2cc(C(=O)OC)cc3c2N1C(N)N3.CCCn1nc(C)cc1C(=O)O.N#CBr.[K+].[OH-]. The zero-order valence-corrected chi connectivity index (χ0v) is 88.4. The molecule has 43 nitrogen and oxygen atoms in total. The number of nitrogens with two attached hydrogens (primary N) is 3. The van der Waals surface area contributed by atoms with Crippen molar-refractivity contribution in [2.24, 2.45) is 11.5 Å². The van der Waals surface area contributed by atoms with Crippen LogP contribution >= 0.6 is 15.9 Å². The minimum absolute atomic E-state index is 0. The number of nitriles is 1. The monoisotopic (exact) mass is 2110 g/mol. The molecular formula is C102H124BrKN24O19. The molecule has 12 aromatic rings. The molecule has 18 rings (SSSR count). The number of ketones is 1. The second kappa shape index (κ2) is 52.8. The van der Waals surface area contributed by atoms with Gasteiger partial charge < -0.3 is 75.8 Å². The maximum absolute atomic E-state index is 13.1. The third kappa shape index (κ3) is 26.7. The molecule has 5 aromatic carbocycles. The number of carbonyl (C=O) groups is 9. The van der Waals surface area contributed by atoms with Crippen LogP contribution in [0.15, 0.2) is 148 Å². The van der Waals surface area contributed by atoms with Crippen molar-refractivity contribution in [2.45, 2.75) is 197 Å². The van der Waals surface area contributed by atoms with E-state index in [1.165, 1.54) is 38.0 Å². The van der Waals surface area contributed by atoms with E-state index in [0.717, 1.165) is 83.9 Å². The molecule has 45 heteroatoms. The van der Waals surface area contributed by atoms with Gasteiger partial charge in [0.15, 0.2) is 12.1 Å². The number of nitrogen functional groups attached to an aromatic ring is 1. The van der Waals surface area contributed by atoms with Gasteiger partial charge in [0.25, 0.3) is 17.7 Å². The number of nitrogens with one attached hydrogen (secondary N) is 5. The van der Waals surface area contributed by atoms with Crippen molar-refractivity contribution >= 4 is 143 Å². The number of esters is 2. The fourth-order valence-electron chi connectivity index (χ4n) is 17.3. The number of fused-ring (bicyclic) bond motifs is 1. The van der Waals surface area contributed by atoms with Crippen LogP contribution in [0.3, 0.4) is 0 Å². The number of rotatable bonds is 30. The molecule has 4 amide bonds. The van der Waals surface area contributed by atoms with Gasteiger partial charge in [-0.25, -0.2) is 34.1 Å². The fourth-order valence-corrected chi connectivity index (χ4v) is 17.3. The molecule has 0 saturated heterocycles. The van der Waals surface area contributed by atoms with E-state index in [0.29, 0.717) is 198 Å². The number of ether oxygens (including phenoxy) is 7. The average molecular weight is 2110 g/mol. The van der Waals surface area contributed by atoms with Gasteiger partial charge in [-0.2, -0.15) is 25.7 Å². The molecule has 14 N–H and O–H groups in total. The van der Waals surface area contributed by atoms with E-state index < -0.39 is 23.8 Å². The van der Waals surface area contributed by atoms with Gasteiger partial charge in [-0.05, 0) is 184 Å². The normalized spacial score (nSPS) is 15.4. The Hall–Kier alpha value is -14.8. The number of allylic oxidation sites excluding steroid dienone is 4. The van der Waals surface area contributed by atoms with Crippen molar-refractivity contribution in [3.8, 4) is 33.7 Å². The summed E-state index contributed by atoms with van der Waals surface area (Å²) >= 11 is 2.45. The molecule has 0 spiro atoms. The number of methoxy groups -OCH3 is 2. The number of aromatic nitrogens is 14. The van der Waals surface area contributed by atoms with Crippen LogP contribution in [0.2, 0.25) is 0 Å². The van der Waals surface area contributed by atoms with Gasteiger partial charge in [-0.15, -0.1) is 26.3 Å². The van der Waals surface area contributed by atoms with E-state index in [4.69, 9.17) is 56.0 Å². The molecule has 7 aromatic heterocycles. The first-order chi connectivity index (χ1) is 69.1. The summed E-state index contributed by atoms with van der Waals surface area (Å²) in [5.74, 6) is -0.363. The van der Waals surface area contributed by atoms with Crippen LogP contribution in [0.5, 0.6) is 28.7 Å². The van der Waals surface area contributed by atoms with Gasteiger partial charge in [0.2, 0.25) is 23.8 Å². The molecule has 0 saturated carbocycles. The molecule has 0 radical (unpaired) electrons. The number of primary amides is 1. The molecule has 0 aliphatic carbocycles. The van der Waals surface area contributed by atoms with Crippen molar-refractivity contribution in [3.05, 3.63) is 221 Å². The predicted molar refractivity (Wildman–Crippen MR) is 556 cm³/mol. The number of carbonyl (C=O) groups excluding carboxylic acids is 7. The van der Waals surface area contributed by atoms with E-state index >= 15 is 0 Å². The number of hydrogen-bond donors (Lipinski definition) is 10. The molecule has 13 heterocycles. The van der Waals surface area contributed by atoms with Gasteiger partial charge in [0.1, 0.15) is 117 Å². The van der Waals surface area contributed by atoms with Crippen LogP contribution in [0.25, 0.3) is 33.1 Å². The average Bonchev–Trinajstić information content (AvgIpc) is 1.60. The second-order valence-corrected chi connectivity index (χ2v) is 34.6. The molecule has 1 unspecified atom stereocenters. The summed E-state index contributed by atoms with van der Waals surface area (Å²) in [7, 11) is 2.69. The van der Waals surface area contributed by atoms with Crippen molar-refractivity contribution in [1.82, 2.24) is 67.8 Å². The summed E-state index contributed by atoms with van der Waals surface area (Å²) in [5.41, 5.74) is 30.7. The first-order valence-electron chi connectivity index (χ1n) is 46.8. The number of carboxylic acids is 2. The van der Waals surface area contributed by atoms with E-state index in [1.54, 1.807) is 111 Å². The smallest absolute Gasteiger partial charge is 0.870 e. The van der Waals surface area contributed by atoms with Gasteiger partial charge in [0, 0.05) is 53.2 Å². The number of amides is 4. The van der Waals surface area contributed by atoms with E-state index in [-0.39, 0.29) is 142 Å². The number of imidazole rings is 3. The van der Waals surface area contributed by atoms with E-state index in [1.807, 2.05) is 87.3 Å². The second-order valence-electron chi connectivity index (χ2n) is 34.2. The summed E-state index contributed by atoms with van der Waals surface area (Å²) < 4.78 is 50.9. The number of Topliss-reactive ketones (excluding diaryl/α,β-unsaturated/α-hetero) is 1. The first kappa shape index (κ1) is 116. The number of halogens is 1. The molecule has 6 aliphatic rings. The third-order valence-corrected chi connectivity index (χ3v) is 23.5. The Kier molecular flexibility index (Phi) is 41.6. The Balaban J connectivity index is 0.000000198. The van der Waals surface area contributed by atoms with E-state index in [2.05, 4.69) is 120 Å². The number of carboxylic acid groups (broad SMARTS) is 2. The van der Waals surface area contributed by atoms with Crippen LogP contribution in [0.1, 0.15) is 241 Å². The number of nitrogens with zero attached hydrogens (tertiary/aromatic N) is 16. The van der Waals surface area contributed by atoms with Crippen LogP contribution in [-0.2, 0) is 35.7 Å². The van der Waals surface area contributed by atoms with Gasteiger partial charge >= 0.3 is 75.3 Å². The Morgan fingerprint density at radius 1 is 0.503 bits per heavy atom. The Bertz CT molecular complexity index is 6540. The quantitative estimate of drug-likeness (QED) is 0.00657. The molecular weight excluding hydrogens is 1980 g/mol. The largest absolute Gasteiger partial charge is 1.00 e. The number of anilines is 7. The zero-order chi connectivity index (χ0) is 104. The van der Waals surface area contributed by atoms with Gasteiger partial charge in [0.05, 0.1) is 112 Å². The maximum atomic E-state index is 13.1. The molecule has 0 fully saturated rings. The summed E-state index contributed by atoms with van der Waals surface area (Å²) in [6, 6.07) is 23.3. The summed E-state index contributed by atoms with van der Waals surface area (Å²) in [6.45, 7) is 38.8. The number of hydrogen-bond acceptors (Lipinski definition) is 30. The molecule has 6 aliphatic heterocycles. The predicted octanol–water partition coefficient (Wildman–Crippen LogP) is 13.2. The summed E-state index contributed by atoms with van der Waals surface area (Å²) in [5, 5.41) is 57.9. The summed E-state index contributed by atoms with van der Waals surface area (Å²) in [4.78, 5) is 126. The molecule has 6 atom stereocenters. The molecule has 774 valence electrons. The maximum Gasteiger partial charge on any atom is 1.00 e. The van der Waals surface area contributed by atoms with Gasteiger partial charge in [-0.1, -0.05) is 71.6 Å². The number of benzene rings is 5. The number of aromatic carboxylic acids is 2. The standard InChI is InChI=1S/C22H25N5O3.C21H24N6O3.C21H23N5O4.C15H19N3O3.C13H16N2O3.C8H12N2O2.CBrN.CH4.K.H2O/c1-5-7-16-12-30-19-11-15(14(4)28)10-17-20(19)27(16)22(23-17)24-21(29)18-9-13(3)25-26(18)8-6-2;1-4-6-14-11-30-17-10-13(19(22)28)9-15-18(17)27(14)21(23-15)24-20(29)16-8-12(3)25-26(16)7-5-2;1-4-6-14-11-30-17-10-13(20(28)29)9-15-18(17)26(14)21(22-15)23-19(27)16-8-12(3)24-25(16)7-5-2;1-3-4-5-10-8-21-12-7-9(14(19)20-2)6-11-13(12)18(10)15(16)17-11;1-3-4-9-7-18-11-6-8(13(16)17-2)5-10(14)12(11)15-9;1-3-4-10-7(8(11)12)5-6(2)9-10;2-1-3;;;/h5,9-11,16H,1,6-8,12H2,2-4H3,(H,23,24,29);4,8-10,14H,1,5-7,11H2,2-3H3,(H2,22,28)(H,23,24,29);4,8-10,14H,1,5-7,11H2,2-3H3,(H,28,29)(H,22,23,27);3-4,6-7,10,15,17H,5,8,16H2,1-2H3;3,5-6,9,15H,1,4,7,14H2,2H3;5H,3-4H2,1-2H3,(H,11,12);;1H4;;1H2/q;;;;;;;;+1;/p-1/t16-;2*14-;10-,15?;9-;;;;;/m00000...../s1. The topological polar surface area (TPSA) is 579 Å². The third-order valence-electron chi connectivity index (χ3n) is 23.5. The number of aryl methyl sites for hydroxylation is 8. The Morgan fingerprint density at radius 3 is 1.24 bits per heavy atom. The molecule has 147 heavy (non-hydrogen) atoms.